The normalized spacial score (nSPS) is 10.2. The van der Waals surface area contributed by atoms with Gasteiger partial charge in [-0.3, -0.25) is 4.79 Å². The predicted octanol–water partition coefficient (Wildman–Crippen LogP) is 4.33. The Morgan fingerprint density at radius 2 is 1.95 bits per heavy atom. The van der Waals surface area contributed by atoms with Crippen molar-refractivity contribution in [2.24, 2.45) is 0 Å². The summed E-state index contributed by atoms with van der Waals surface area (Å²) in [4.78, 5) is 12.2. The summed E-state index contributed by atoms with van der Waals surface area (Å²) >= 11 is 5.90. The van der Waals surface area contributed by atoms with Gasteiger partial charge in [0.2, 0.25) is 0 Å². The van der Waals surface area contributed by atoms with Crippen LogP contribution in [0.15, 0.2) is 42.5 Å². The Morgan fingerprint density at radius 1 is 1.15 bits per heavy atom. The van der Waals surface area contributed by atoms with Crippen molar-refractivity contribution in [1.82, 2.24) is 0 Å². The molecule has 0 aliphatic rings. The maximum atomic E-state index is 12.2. The number of nitrogens with one attached hydrogen (secondary N) is 2. The molecule has 0 atom stereocenters. The van der Waals surface area contributed by atoms with Crippen LogP contribution in [0.2, 0.25) is 5.02 Å². The minimum Gasteiger partial charge on any atom is -0.385 e. The molecule has 104 valence electrons. The Labute approximate surface area is 124 Å². The van der Waals surface area contributed by atoms with Gasteiger partial charge in [0.15, 0.2) is 0 Å². The summed E-state index contributed by atoms with van der Waals surface area (Å²) in [5.41, 5.74) is 3.30. The van der Waals surface area contributed by atoms with E-state index in [4.69, 9.17) is 11.6 Å². The lowest BCUT2D eigenvalue weighted by Gasteiger charge is -2.10. The molecule has 0 bridgehead atoms. The van der Waals surface area contributed by atoms with Gasteiger partial charge in [0.25, 0.3) is 5.91 Å². The molecule has 0 heterocycles. The predicted molar refractivity (Wildman–Crippen MR) is 84.7 cm³/mol. The fraction of sp³-hybridized carbons (Fsp3) is 0.188. The molecule has 0 saturated carbocycles. The highest BCUT2D eigenvalue weighted by atomic mass is 35.5. The van der Waals surface area contributed by atoms with Crippen LogP contribution in [0.4, 0.5) is 11.4 Å². The quantitative estimate of drug-likeness (QED) is 0.879. The van der Waals surface area contributed by atoms with Crippen LogP contribution in [0.25, 0.3) is 0 Å². The second kappa shape index (κ2) is 6.44. The van der Waals surface area contributed by atoms with Crippen molar-refractivity contribution in [1.29, 1.82) is 0 Å². The number of rotatable bonds is 4. The van der Waals surface area contributed by atoms with Crippen LogP contribution in [0.3, 0.4) is 0 Å². The van der Waals surface area contributed by atoms with E-state index >= 15 is 0 Å². The number of amides is 1. The number of benzene rings is 2. The third-order valence-corrected chi connectivity index (χ3v) is 3.17. The molecular formula is C16H17ClN2O. The zero-order valence-electron chi connectivity index (χ0n) is 11.5. The van der Waals surface area contributed by atoms with Crippen molar-refractivity contribution >= 4 is 28.9 Å². The lowest BCUT2D eigenvalue weighted by atomic mass is 10.1. The van der Waals surface area contributed by atoms with Crippen LogP contribution < -0.4 is 10.6 Å². The van der Waals surface area contributed by atoms with Crippen LogP contribution in [0.1, 0.15) is 22.8 Å². The number of hydrogen-bond donors (Lipinski definition) is 2. The second-order valence-corrected chi connectivity index (χ2v) is 4.96. The van der Waals surface area contributed by atoms with Gasteiger partial charge >= 0.3 is 0 Å². The topological polar surface area (TPSA) is 41.1 Å². The highest BCUT2D eigenvalue weighted by Gasteiger charge is 2.09. The van der Waals surface area contributed by atoms with Gasteiger partial charge in [-0.2, -0.15) is 0 Å². The first-order valence-electron chi connectivity index (χ1n) is 6.51. The molecule has 2 N–H and O–H groups in total. The van der Waals surface area contributed by atoms with E-state index in [9.17, 15) is 4.79 Å². The van der Waals surface area contributed by atoms with Crippen molar-refractivity contribution in [3.8, 4) is 0 Å². The minimum atomic E-state index is -0.132. The molecule has 0 unspecified atom stereocenters. The minimum absolute atomic E-state index is 0.132. The van der Waals surface area contributed by atoms with Crippen LogP contribution in [0, 0.1) is 6.92 Å². The van der Waals surface area contributed by atoms with Gasteiger partial charge in [0.05, 0.1) is 0 Å². The molecule has 0 spiro atoms. The summed E-state index contributed by atoms with van der Waals surface area (Å²) in [6, 6.07) is 12.8. The molecule has 0 aliphatic heterocycles. The van der Waals surface area contributed by atoms with Gasteiger partial charge in [0.1, 0.15) is 0 Å². The standard InChI is InChI=1S/C16H17ClN2O/c1-3-18-13-7-8-15(11(2)9-13)16(20)19-14-6-4-5-12(17)10-14/h4-10,18H,3H2,1-2H3,(H,19,20). The molecule has 3 nitrogen and oxygen atoms in total. The van der Waals surface area contributed by atoms with Crippen molar-refractivity contribution in [3.05, 3.63) is 58.6 Å². The van der Waals surface area contributed by atoms with Gasteiger partial charge in [-0.1, -0.05) is 17.7 Å². The number of anilines is 2. The van der Waals surface area contributed by atoms with Crippen LogP contribution in [-0.4, -0.2) is 12.5 Å². The molecule has 2 aromatic rings. The fourth-order valence-corrected chi connectivity index (χ4v) is 2.19. The number of halogens is 1. The summed E-state index contributed by atoms with van der Waals surface area (Å²) in [5.74, 6) is -0.132. The van der Waals surface area contributed by atoms with E-state index in [0.717, 1.165) is 17.8 Å². The van der Waals surface area contributed by atoms with Crippen molar-refractivity contribution in [2.75, 3.05) is 17.2 Å². The second-order valence-electron chi connectivity index (χ2n) is 4.52. The Kier molecular flexibility index (Phi) is 4.64. The summed E-state index contributed by atoms with van der Waals surface area (Å²) in [7, 11) is 0. The Morgan fingerprint density at radius 3 is 2.60 bits per heavy atom. The summed E-state index contributed by atoms with van der Waals surface area (Å²) < 4.78 is 0. The third kappa shape index (κ3) is 3.52. The molecule has 0 fully saturated rings. The van der Waals surface area contributed by atoms with E-state index < -0.39 is 0 Å². The smallest absolute Gasteiger partial charge is 0.255 e. The summed E-state index contributed by atoms with van der Waals surface area (Å²) in [5, 5.41) is 6.67. The maximum absolute atomic E-state index is 12.2. The van der Waals surface area contributed by atoms with Crippen LogP contribution >= 0.6 is 11.6 Å². The van der Waals surface area contributed by atoms with Gasteiger partial charge in [-0.15, -0.1) is 0 Å². The molecule has 0 radical (unpaired) electrons. The Hall–Kier alpha value is -2.00. The summed E-state index contributed by atoms with van der Waals surface area (Å²) in [6.45, 7) is 4.82. The molecule has 1 amide bonds. The average Bonchev–Trinajstić information content (AvgIpc) is 2.39. The zero-order chi connectivity index (χ0) is 14.5. The van der Waals surface area contributed by atoms with Crippen molar-refractivity contribution in [2.45, 2.75) is 13.8 Å². The molecule has 4 heteroatoms. The number of aryl methyl sites for hydroxylation is 1. The average molecular weight is 289 g/mol. The van der Waals surface area contributed by atoms with E-state index in [1.807, 2.05) is 38.1 Å². The largest absolute Gasteiger partial charge is 0.385 e. The first-order valence-corrected chi connectivity index (χ1v) is 6.89. The number of carbonyl (C=O) groups excluding carboxylic acids is 1. The van der Waals surface area contributed by atoms with E-state index in [-0.39, 0.29) is 5.91 Å². The molecule has 2 aromatic carbocycles. The highest BCUT2D eigenvalue weighted by molar-refractivity contribution is 6.31. The Bertz CT molecular complexity index is 626. The number of hydrogen-bond acceptors (Lipinski definition) is 2. The van der Waals surface area contributed by atoms with E-state index in [1.165, 1.54) is 0 Å². The van der Waals surface area contributed by atoms with Gasteiger partial charge < -0.3 is 10.6 Å². The lowest BCUT2D eigenvalue weighted by Crippen LogP contribution is -2.13. The Balaban J connectivity index is 2.17. The molecular weight excluding hydrogens is 272 g/mol. The van der Waals surface area contributed by atoms with E-state index in [1.54, 1.807) is 18.2 Å². The molecule has 0 aliphatic carbocycles. The monoisotopic (exact) mass is 288 g/mol. The van der Waals surface area contributed by atoms with Gasteiger partial charge in [0, 0.05) is 28.5 Å². The lowest BCUT2D eigenvalue weighted by molar-refractivity contribution is 0.102. The zero-order valence-corrected chi connectivity index (χ0v) is 12.3. The van der Waals surface area contributed by atoms with E-state index in [0.29, 0.717) is 16.3 Å². The van der Waals surface area contributed by atoms with Crippen LogP contribution in [0.5, 0.6) is 0 Å². The van der Waals surface area contributed by atoms with Crippen molar-refractivity contribution < 1.29 is 4.79 Å². The summed E-state index contributed by atoms with van der Waals surface area (Å²) in [6.07, 6.45) is 0. The highest BCUT2D eigenvalue weighted by Crippen LogP contribution is 2.19. The SMILES string of the molecule is CCNc1ccc(C(=O)Nc2cccc(Cl)c2)c(C)c1. The van der Waals surface area contributed by atoms with Gasteiger partial charge in [-0.05, 0) is 55.8 Å². The maximum Gasteiger partial charge on any atom is 0.255 e. The van der Waals surface area contributed by atoms with Crippen molar-refractivity contribution in [3.63, 3.8) is 0 Å². The van der Waals surface area contributed by atoms with Gasteiger partial charge in [-0.25, -0.2) is 0 Å². The van der Waals surface area contributed by atoms with Crippen LogP contribution in [-0.2, 0) is 0 Å². The third-order valence-electron chi connectivity index (χ3n) is 2.93. The first-order chi connectivity index (χ1) is 9.60. The molecule has 0 saturated heterocycles. The van der Waals surface area contributed by atoms with E-state index in [2.05, 4.69) is 10.6 Å². The molecule has 0 aromatic heterocycles. The molecule has 2 rings (SSSR count). The first kappa shape index (κ1) is 14.4. The number of carbonyl (C=O) groups is 1. The fourth-order valence-electron chi connectivity index (χ4n) is 2.00. The molecule has 20 heavy (non-hydrogen) atoms.